The summed E-state index contributed by atoms with van der Waals surface area (Å²) in [7, 11) is -9.46. The Labute approximate surface area is 221 Å². The first-order chi connectivity index (χ1) is 16.9. The fraction of sp³-hybridized carbons (Fsp3) is 0.667. The standard InChI is InChI=1S/C24H44O11P2/c1-17(2)13-27-21(9)31-36(25,32-22(10)28-14-18(3)4)35-37(26,33-23(11)29-15-19(5)6)34-24(12)30-16-20(7)8/h21-24H,1,3,5,7,13-16H2,2,4,6,8-12H3. The van der Waals surface area contributed by atoms with Gasteiger partial charge < -0.3 is 18.9 Å². The first-order valence-electron chi connectivity index (χ1n) is 11.6. The Morgan fingerprint density at radius 2 is 0.703 bits per heavy atom. The van der Waals surface area contributed by atoms with Crippen LogP contribution >= 0.6 is 15.6 Å². The zero-order valence-corrected chi connectivity index (χ0v) is 25.1. The third kappa shape index (κ3) is 18.9. The minimum absolute atomic E-state index is 0.102. The Balaban J connectivity index is 5.96. The fourth-order valence-corrected chi connectivity index (χ4v) is 5.53. The van der Waals surface area contributed by atoms with Gasteiger partial charge in [0.1, 0.15) is 0 Å². The number of phosphoric ester groups is 2. The van der Waals surface area contributed by atoms with Crippen LogP contribution in [0.25, 0.3) is 0 Å². The summed E-state index contributed by atoms with van der Waals surface area (Å²) in [5, 5.41) is 0. The molecule has 0 aromatic carbocycles. The van der Waals surface area contributed by atoms with Crippen LogP contribution in [0.2, 0.25) is 0 Å². The van der Waals surface area contributed by atoms with Crippen LogP contribution in [0.1, 0.15) is 55.4 Å². The number of hydrogen-bond donors (Lipinski definition) is 0. The molecule has 0 aliphatic heterocycles. The van der Waals surface area contributed by atoms with Crippen LogP contribution in [0.5, 0.6) is 0 Å². The SMILES string of the molecule is C=C(C)COC(C)OP(=O)(OC(C)OCC(=C)C)OP(=O)(OC(C)OCC(=C)C)OC(C)OCC(=C)C. The minimum atomic E-state index is -4.73. The van der Waals surface area contributed by atoms with E-state index < -0.39 is 40.8 Å². The highest BCUT2D eigenvalue weighted by atomic mass is 31.3. The van der Waals surface area contributed by atoms with Gasteiger partial charge >= 0.3 is 15.6 Å². The summed E-state index contributed by atoms with van der Waals surface area (Å²) in [6, 6.07) is 0. The summed E-state index contributed by atoms with van der Waals surface area (Å²) in [4.78, 5) is 0. The molecule has 0 aliphatic rings. The number of rotatable bonds is 22. The van der Waals surface area contributed by atoms with Gasteiger partial charge in [0, 0.05) is 0 Å². The predicted octanol–water partition coefficient (Wildman–Crippen LogP) is 7.04. The summed E-state index contributed by atoms with van der Waals surface area (Å²) in [6.45, 7) is 28.1. The van der Waals surface area contributed by atoms with Crippen molar-refractivity contribution in [3.05, 3.63) is 48.6 Å². The predicted molar refractivity (Wildman–Crippen MR) is 142 cm³/mol. The average Bonchev–Trinajstić information content (AvgIpc) is 2.72. The highest BCUT2D eigenvalue weighted by Crippen LogP contribution is 2.67. The molecule has 4 atom stereocenters. The van der Waals surface area contributed by atoms with Gasteiger partial charge in [0.25, 0.3) is 0 Å². The molecule has 0 N–H and O–H groups in total. The van der Waals surface area contributed by atoms with Gasteiger partial charge in [-0.1, -0.05) is 48.6 Å². The Morgan fingerprint density at radius 3 is 0.865 bits per heavy atom. The lowest BCUT2D eigenvalue weighted by Gasteiger charge is -2.29. The molecule has 0 rings (SSSR count). The molecule has 4 unspecified atom stereocenters. The van der Waals surface area contributed by atoms with Gasteiger partial charge in [0.05, 0.1) is 26.4 Å². The van der Waals surface area contributed by atoms with Crippen molar-refractivity contribution in [3.63, 3.8) is 0 Å². The zero-order chi connectivity index (χ0) is 28.8. The van der Waals surface area contributed by atoms with Crippen LogP contribution in [0, 0.1) is 0 Å². The van der Waals surface area contributed by atoms with E-state index in [4.69, 9.17) is 41.4 Å². The molecule has 37 heavy (non-hydrogen) atoms. The lowest BCUT2D eigenvalue weighted by Crippen LogP contribution is -2.22. The van der Waals surface area contributed by atoms with Crippen molar-refractivity contribution in [1.82, 2.24) is 0 Å². The highest BCUT2D eigenvalue weighted by Gasteiger charge is 2.45. The summed E-state index contributed by atoms with van der Waals surface area (Å²) in [6.07, 6.45) is -4.51. The second-order valence-corrected chi connectivity index (χ2v) is 12.0. The van der Waals surface area contributed by atoms with E-state index in [1.807, 2.05) is 0 Å². The molecule has 0 aromatic rings. The van der Waals surface area contributed by atoms with Gasteiger partial charge in [-0.3, -0.25) is 18.1 Å². The van der Waals surface area contributed by atoms with Gasteiger partial charge in [-0.05, 0) is 55.4 Å². The van der Waals surface area contributed by atoms with E-state index in [0.29, 0.717) is 22.3 Å². The molecule has 0 amide bonds. The van der Waals surface area contributed by atoms with Crippen molar-refractivity contribution in [2.75, 3.05) is 26.4 Å². The Morgan fingerprint density at radius 1 is 0.514 bits per heavy atom. The smallest absolute Gasteiger partial charge is 0.348 e. The maximum atomic E-state index is 13.7. The average molecular weight is 571 g/mol. The van der Waals surface area contributed by atoms with Crippen molar-refractivity contribution in [2.24, 2.45) is 0 Å². The van der Waals surface area contributed by atoms with E-state index in [9.17, 15) is 9.13 Å². The second-order valence-electron chi connectivity index (χ2n) is 8.74. The monoisotopic (exact) mass is 570 g/mol. The maximum Gasteiger partial charge on any atom is 0.488 e. The first-order valence-corrected chi connectivity index (χ1v) is 14.6. The van der Waals surface area contributed by atoms with E-state index in [0.717, 1.165) is 0 Å². The van der Waals surface area contributed by atoms with Crippen LogP contribution < -0.4 is 0 Å². The molecular weight excluding hydrogens is 526 g/mol. The van der Waals surface area contributed by atoms with Crippen LogP contribution in [0.3, 0.4) is 0 Å². The molecule has 0 heterocycles. The number of phosphoric acid groups is 2. The van der Waals surface area contributed by atoms with E-state index in [-0.39, 0.29) is 26.4 Å². The normalized spacial score (nSPS) is 18.2. The lowest BCUT2D eigenvalue weighted by molar-refractivity contribution is -0.124. The molecule has 0 saturated heterocycles. The van der Waals surface area contributed by atoms with Gasteiger partial charge in [-0.25, -0.2) is 9.13 Å². The highest BCUT2D eigenvalue weighted by molar-refractivity contribution is 7.62. The van der Waals surface area contributed by atoms with Gasteiger partial charge in [0.2, 0.25) is 0 Å². The molecule has 0 bridgehead atoms. The van der Waals surface area contributed by atoms with Gasteiger partial charge in [0.15, 0.2) is 25.2 Å². The molecule has 13 heteroatoms. The molecular formula is C24H44O11P2. The van der Waals surface area contributed by atoms with E-state index in [1.165, 1.54) is 27.7 Å². The van der Waals surface area contributed by atoms with Crippen molar-refractivity contribution in [1.29, 1.82) is 0 Å². The van der Waals surface area contributed by atoms with Crippen molar-refractivity contribution in [3.8, 4) is 0 Å². The summed E-state index contributed by atoms with van der Waals surface area (Å²) in [5.41, 5.74) is 2.76. The summed E-state index contributed by atoms with van der Waals surface area (Å²) >= 11 is 0. The van der Waals surface area contributed by atoms with Crippen molar-refractivity contribution >= 4 is 15.6 Å². The van der Waals surface area contributed by atoms with Crippen LogP contribution in [-0.4, -0.2) is 51.6 Å². The third-order valence-electron chi connectivity index (χ3n) is 3.57. The molecule has 0 radical (unpaired) electrons. The Bertz CT molecular complexity index is 730. The minimum Gasteiger partial charge on any atom is -0.348 e. The third-order valence-corrected chi connectivity index (χ3v) is 7.39. The van der Waals surface area contributed by atoms with E-state index >= 15 is 0 Å². The fourth-order valence-electron chi connectivity index (χ4n) is 2.14. The molecule has 0 aliphatic carbocycles. The second kappa shape index (κ2) is 17.6. The topological polar surface area (TPSA) is 117 Å². The Kier molecular flexibility index (Phi) is 17.2. The molecule has 0 aromatic heterocycles. The number of ether oxygens (including phenoxy) is 4. The molecule has 216 valence electrons. The molecule has 0 spiro atoms. The summed E-state index contributed by atoms with van der Waals surface area (Å²) in [5.74, 6) is 0. The first kappa shape index (κ1) is 36.1. The summed E-state index contributed by atoms with van der Waals surface area (Å²) < 4.78 is 76.2. The maximum absolute atomic E-state index is 13.7. The molecule has 0 saturated carbocycles. The van der Waals surface area contributed by atoms with Crippen LogP contribution in [-0.2, 0) is 50.5 Å². The van der Waals surface area contributed by atoms with Crippen LogP contribution in [0.15, 0.2) is 48.6 Å². The molecule has 0 fully saturated rings. The van der Waals surface area contributed by atoms with Gasteiger partial charge in [-0.15, -0.1) is 0 Å². The van der Waals surface area contributed by atoms with Gasteiger partial charge in [-0.2, -0.15) is 4.31 Å². The van der Waals surface area contributed by atoms with Crippen molar-refractivity contribution < 1.29 is 50.5 Å². The quantitative estimate of drug-likeness (QED) is 0.0757. The van der Waals surface area contributed by atoms with Crippen LogP contribution in [0.4, 0.5) is 0 Å². The zero-order valence-electron chi connectivity index (χ0n) is 23.4. The lowest BCUT2D eigenvalue weighted by atomic mass is 10.4. The Hall–Kier alpha value is -0.940. The van der Waals surface area contributed by atoms with E-state index in [1.54, 1.807) is 27.7 Å². The van der Waals surface area contributed by atoms with E-state index in [2.05, 4.69) is 26.3 Å². The molecule has 11 nitrogen and oxygen atoms in total. The van der Waals surface area contributed by atoms with Crippen molar-refractivity contribution in [2.45, 2.75) is 80.6 Å². The number of hydrogen-bond acceptors (Lipinski definition) is 11. The largest absolute Gasteiger partial charge is 0.488 e.